The van der Waals surface area contributed by atoms with Crippen LogP contribution in [0.3, 0.4) is 0 Å². The molecular formula is C29H39N3O3. The van der Waals surface area contributed by atoms with Crippen molar-refractivity contribution in [2.24, 2.45) is 11.8 Å². The van der Waals surface area contributed by atoms with E-state index in [0.29, 0.717) is 18.9 Å². The van der Waals surface area contributed by atoms with E-state index in [2.05, 4.69) is 47.5 Å². The Morgan fingerprint density at radius 3 is 2.40 bits per heavy atom. The van der Waals surface area contributed by atoms with Gasteiger partial charge in [-0.2, -0.15) is 0 Å². The lowest BCUT2D eigenvalue weighted by Gasteiger charge is -2.35. The molecule has 35 heavy (non-hydrogen) atoms. The second kappa shape index (κ2) is 12.2. The third-order valence-electron chi connectivity index (χ3n) is 7.54. The van der Waals surface area contributed by atoms with Crippen LogP contribution >= 0.6 is 0 Å². The molecule has 1 aromatic heterocycles. The number of anilines is 1. The molecule has 1 aromatic carbocycles. The van der Waals surface area contributed by atoms with Crippen LogP contribution in [0.5, 0.6) is 0 Å². The largest absolute Gasteiger partial charge is 0.466 e. The summed E-state index contributed by atoms with van der Waals surface area (Å²) in [6.07, 6.45) is 8.98. The Kier molecular flexibility index (Phi) is 8.78. The first-order chi connectivity index (χ1) is 17.1. The Morgan fingerprint density at radius 2 is 1.74 bits per heavy atom. The lowest BCUT2D eigenvalue weighted by Crippen LogP contribution is -2.45. The Balaban J connectivity index is 1.29. The standard InChI is InChI=1S/C29H39N3O3/c1-3-21-18-26(23-8-6-5-7-9-23)28(30-20-21)32-16-14-24(15-17-32)29(34)31-25-12-10-22(11-13-25)19-27(33)35-4-2/h5-9,18,20,22,24-25H,3-4,10-17,19H2,1-2H3,(H,31,34). The summed E-state index contributed by atoms with van der Waals surface area (Å²) < 4.78 is 5.08. The first-order valence-corrected chi connectivity index (χ1v) is 13.3. The molecule has 2 aliphatic rings. The maximum absolute atomic E-state index is 13.0. The zero-order chi connectivity index (χ0) is 24.6. The van der Waals surface area contributed by atoms with Gasteiger partial charge in [0, 0.05) is 43.2 Å². The van der Waals surface area contributed by atoms with Gasteiger partial charge in [0.2, 0.25) is 5.91 Å². The van der Waals surface area contributed by atoms with Gasteiger partial charge in [-0.1, -0.05) is 37.3 Å². The van der Waals surface area contributed by atoms with Gasteiger partial charge in [0.25, 0.3) is 0 Å². The van der Waals surface area contributed by atoms with Crippen molar-refractivity contribution < 1.29 is 14.3 Å². The molecule has 1 N–H and O–H groups in total. The molecule has 188 valence electrons. The van der Waals surface area contributed by atoms with Gasteiger partial charge >= 0.3 is 5.97 Å². The fourth-order valence-electron chi connectivity index (χ4n) is 5.42. The first-order valence-electron chi connectivity index (χ1n) is 13.3. The van der Waals surface area contributed by atoms with Gasteiger partial charge in [0.1, 0.15) is 5.82 Å². The number of rotatable bonds is 8. The smallest absolute Gasteiger partial charge is 0.306 e. The van der Waals surface area contributed by atoms with Crippen molar-refractivity contribution in [1.29, 1.82) is 0 Å². The monoisotopic (exact) mass is 477 g/mol. The Labute approximate surface area is 209 Å². The third-order valence-corrected chi connectivity index (χ3v) is 7.54. The predicted molar refractivity (Wildman–Crippen MR) is 139 cm³/mol. The van der Waals surface area contributed by atoms with Crippen molar-refractivity contribution in [2.45, 2.75) is 71.3 Å². The number of aromatic nitrogens is 1. The molecule has 1 saturated carbocycles. The van der Waals surface area contributed by atoms with Crippen molar-refractivity contribution in [2.75, 3.05) is 24.6 Å². The minimum Gasteiger partial charge on any atom is -0.466 e. The number of pyridine rings is 1. The first kappa shape index (κ1) is 25.2. The highest BCUT2D eigenvalue weighted by molar-refractivity contribution is 5.80. The van der Waals surface area contributed by atoms with E-state index in [9.17, 15) is 9.59 Å². The van der Waals surface area contributed by atoms with Gasteiger partial charge in [-0.05, 0) is 75.0 Å². The Hall–Kier alpha value is -2.89. The normalized spacial score (nSPS) is 20.9. The van der Waals surface area contributed by atoms with Gasteiger partial charge in [0.05, 0.1) is 6.61 Å². The number of amides is 1. The van der Waals surface area contributed by atoms with Gasteiger partial charge in [-0.15, -0.1) is 0 Å². The fraction of sp³-hybridized carbons (Fsp3) is 0.552. The minimum absolute atomic E-state index is 0.0543. The number of piperidine rings is 1. The number of ether oxygens (including phenoxy) is 1. The van der Waals surface area contributed by atoms with Crippen LogP contribution in [0.25, 0.3) is 11.1 Å². The van der Waals surface area contributed by atoms with E-state index in [1.54, 1.807) is 0 Å². The topological polar surface area (TPSA) is 71.5 Å². The molecule has 2 aromatic rings. The van der Waals surface area contributed by atoms with Crippen LogP contribution in [0.1, 0.15) is 64.4 Å². The van der Waals surface area contributed by atoms with Crippen molar-refractivity contribution in [1.82, 2.24) is 10.3 Å². The van der Waals surface area contributed by atoms with E-state index < -0.39 is 0 Å². The Morgan fingerprint density at radius 1 is 1.03 bits per heavy atom. The van der Waals surface area contributed by atoms with E-state index >= 15 is 0 Å². The van der Waals surface area contributed by atoms with Gasteiger partial charge in [-0.3, -0.25) is 9.59 Å². The highest BCUT2D eigenvalue weighted by Gasteiger charge is 2.30. The van der Waals surface area contributed by atoms with Crippen LogP contribution in [-0.4, -0.2) is 42.6 Å². The summed E-state index contributed by atoms with van der Waals surface area (Å²) in [6, 6.07) is 12.9. The lowest BCUT2D eigenvalue weighted by atomic mass is 9.83. The van der Waals surface area contributed by atoms with E-state index in [1.807, 2.05) is 19.2 Å². The van der Waals surface area contributed by atoms with E-state index in [-0.39, 0.29) is 23.8 Å². The minimum atomic E-state index is -0.0963. The van der Waals surface area contributed by atoms with E-state index in [0.717, 1.165) is 63.9 Å². The van der Waals surface area contributed by atoms with Gasteiger partial charge in [-0.25, -0.2) is 4.98 Å². The molecule has 1 aliphatic heterocycles. The van der Waals surface area contributed by atoms with Crippen LogP contribution < -0.4 is 10.2 Å². The summed E-state index contributed by atoms with van der Waals surface area (Å²) in [6.45, 7) is 6.11. The van der Waals surface area contributed by atoms with Crippen LogP contribution in [0.15, 0.2) is 42.6 Å². The van der Waals surface area contributed by atoms with Gasteiger partial charge in [0.15, 0.2) is 0 Å². The summed E-state index contributed by atoms with van der Waals surface area (Å²) in [5.41, 5.74) is 3.59. The second-order valence-corrected chi connectivity index (χ2v) is 9.93. The molecule has 2 fully saturated rings. The molecule has 0 unspecified atom stereocenters. The number of nitrogens with one attached hydrogen (secondary N) is 1. The molecule has 0 bridgehead atoms. The zero-order valence-corrected chi connectivity index (χ0v) is 21.2. The molecule has 6 heteroatoms. The number of nitrogens with zero attached hydrogens (tertiary/aromatic N) is 2. The van der Waals surface area contributed by atoms with Crippen molar-refractivity contribution in [3.05, 3.63) is 48.2 Å². The molecule has 0 radical (unpaired) electrons. The number of benzene rings is 1. The van der Waals surface area contributed by atoms with Crippen LogP contribution in [-0.2, 0) is 20.7 Å². The molecule has 0 spiro atoms. The summed E-state index contributed by atoms with van der Waals surface area (Å²) in [5.74, 6) is 1.55. The van der Waals surface area contributed by atoms with Crippen LogP contribution in [0, 0.1) is 11.8 Å². The highest BCUT2D eigenvalue weighted by Crippen LogP contribution is 2.33. The number of carbonyl (C=O) groups excluding carboxylic acids is 2. The van der Waals surface area contributed by atoms with Crippen molar-refractivity contribution >= 4 is 17.7 Å². The summed E-state index contributed by atoms with van der Waals surface area (Å²) >= 11 is 0. The molecule has 4 rings (SSSR count). The second-order valence-electron chi connectivity index (χ2n) is 9.93. The lowest BCUT2D eigenvalue weighted by molar-refractivity contribution is -0.144. The summed E-state index contributed by atoms with van der Waals surface area (Å²) in [4.78, 5) is 31.9. The maximum atomic E-state index is 13.0. The number of carbonyl (C=O) groups is 2. The summed E-state index contributed by atoms with van der Waals surface area (Å²) in [7, 11) is 0. The summed E-state index contributed by atoms with van der Waals surface area (Å²) in [5, 5.41) is 3.31. The number of hydrogen-bond acceptors (Lipinski definition) is 5. The average Bonchev–Trinajstić information content (AvgIpc) is 2.90. The number of hydrogen-bond donors (Lipinski definition) is 1. The fourth-order valence-corrected chi connectivity index (χ4v) is 5.42. The van der Waals surface area contributed by atoms with Crippen molar-refractivity contribution in [3.8, 4) is 11.1 Å². The van der Waals surface area contributed by atoms with E-state index in [1.165, 1.54) is 16.7 Å². The number of esters is 1. The van der Waals surface area contributed by atoms with Crippen LogP contribution in [0.4, 0.5) is 5.82 Å². The molecule has 1 amide bonds. The molecule has 0 atom stereocenters. The molecule has 2 heterocycles. The maximum Gasteiger partial charge on any atom is 0.306 e. The molecular weight excluding hydrogens is 438 g/mol. The quantitative estimate of drug-likeness (QED) is 0.532. The predicted octanol–water partition coefficient (Wildman–Crippen LogP) is 5.16. The molecule has 6 nitrogen and oxygen atoms in total. The zero-order valence-electron chi connectivity index (χ0n) is 21.2. The highest BCUT2D eigenvalue weighted by atomic mass is 16.5. The molecule has 1 aliphatic carbocycles. The van der Waals surface area contributed by atoms with Crippen molar-refractivity contribution in [3.63, 3.8) is 0 Å². The average molecular weight is 478 g/mol. The van der Waals surface area contributed by atoms with E-state index in [4.69, 9.17) is 9.72 Å². The van der Waals surface area contributed by atoms with Crippen LogP contribution in [0.2, 0.25) is 0 Å². The van der Waals surface area contributed by atoms with Gasteiger partial charge < -0.3 is 15.0 Å². The molecule has 1 saturated heterocycles. The number of aryl methyl sites for hydroxylation is 1. The third kappa shape index (κ3) is 6.62. The Bertz CT molecular complexity index is 978. The SMILES string of the molecule is CCOC(=O)CC1CCC(NC(=O)C2CCN(c3ncc(CC)cc3-c3ccccc3)CC2)CC1.